The molecule has 0 spiro atoms. The molecule has 0 radical (unpaired) electrons. The molecule has 0 aromatic heterocycles. The smallest absolute Gasteiger partial charge is 0.241 e. The number of carbonyl (C=O) groups excluding carboxylic acids is 1. The van der Waals surface area contributed by atoms with Crippen LogP contribution in [-0.2, 0) is 14.8 Å². The third kappa shape index (κ3) is 2.91. The number of amides is 1. The fourth-order valence-electron chi connectivity index (χ4n) is 2.55. The summed E-state index contributed by atoms with van der Waals surface area (Å²) in [5, 5.41) is 4.27. The Morgan fingerprint density at radius 2 is 1.86 bits per heavy atom. The van der Waals surface area contributed by atoms with Crippen molar-refractivity contribution in [3.63, 3.8) is 0 Å². The molecule has 3 rings (SSSR count). The van der Waals surface area contributed by atoms with E-state index in [-0.39, 0.29) is 16.8 Å². The van der Waals surface area contributed by atoms with Crippen LogP contribution in [0, 0.1) is 0 Å². The van der Waals surface area contributed by atoms with Crippen molar-refractivity contribution < 1.29 is 13.2 Å². The number of sulfonamides is 1. The van der Waals surface area contributed by atoms with Crippen molar-refractivity contribution in [3.8, 4) is 0 Å². The quantitative estimate of drug-likeness (QED) is 0.900. The number of hydrogen-bond acceptors (Lipinski definition) is 3. The van der Waals surface area contributed by atoms with E-state index in [2.05, 4.69) is 10.0 Å². The summed E-state index contributed by atoms with van der Waals surface area (Å²) in [4.78, 5) is 11.4. The lowest BCUT2D eigenvalue weighted by molar-refractivity contribution is -0.122. The molecule has 1 fully saturated rings. The van der Waals surface area contributed by atoms with Crippen LogP contribution in [0.25, 0.3) is 10.8 Å². The first kappa shape index (κ1) is 14.0. The van der Waals surface area contributed by atoms with Gasteiger partial charge in [-0.05, 0) is 17.9 Å². The fraction of sp³-hybridized carbons (Fsp3) is 0.267. The van der Waals surface area contributed by atoms with Gasteiger partial charge in [0.15, 0.2) is 0 Å². The monoisotopic (exact) mass is 304 g/mol. The minimum absolute atomic E-state index is 0.0318. The van der Waals surface area contributed by atoms with Crippen LogP contribution in [0.5, 0.6) is 0 Å². The van der Waals surface area contributed by atoms with E-state index in [1.54, 1.807) is 18.2 Å². The Labute approximate surface area is 123 Å². The Morgan fingerprint density at radius 1 is 1.10 bits per heavy atom. The third-order valence-corrected chi connectivity index (χ3v) is 5.21. The van der Waals surface area contributed by atoms with Gasteiger partial charge in [0.2, 0.25) is 15.9 Å². The summed E-state index contributed by atoms with van der Waals surface area (Å²) < 4.78 is 27.8. The molecule has 6 heteroatoms. The second-order valence-corrected chi connectivity index (χ2v) is 6.82. The highest BCUT2D eigenvalue weighted by molar-refractivity contribution is 7.89. The van der Waals surface area contributed by atoms with E-state index >= 15 is 0 Å². The van der Waals surface area contributed by atoms with Gasteiger partial charge >= 0.3 is 0 Å². The van der Waals surface area contributed by atoms with Gasteiger partial charge in [-0.15, -0.1) is 0 Å². The van der Waals surface area contributed by atoms with E-state index < -0.39 is 10.0 Å². The minimum atomic E-state index is -3.61. The van der Waals surface area contributed by atoms with Crippen molar-refractivity contribution in [3.05, 3.63) is 42.5 Å². The maximum atomic E-state index is 12.6. The summed E-state index contributed by atoms with van der Waals surface area (Å²) in [5.74, 6) is -0.0318. The molecule has 110 valence electrons. The molecule has 1 atom stereocenters. The summed E-state index contributed by atoms with van der Waals surface area (Å²) in [5.41, 5.74) is 0. The zero-order valence-corrected chi connectivity index (χ0v) is 12.2. The van der Waals surface area contributed by atoms with Crippen LogP contribution >= 0.6 is 0 Å². The van der Waals surface area contributed by atoms with Crippen molar-refractivity contribution in [1.29, 1.82) is 0 Å². The Kier molecular flexibility index (Phi) is 3.65. The number of fused-ring (bicyclic) bond motifs is 1. The average molecular weight is 304 g/mol. The Bertz CT molecular complexity index is 771. The summed E-state index contributed by atoms with van der Waals surface area (Å²) in [6.45, 7) is 0.336. The molecular weight excluding hydrogens is 288 g/mol. The molecule has 0 aliphatic carbocycles. The lowest BCUT2D eigenvalue weighted by Gasteiger charge is -2.23. The molecule has 1 saturated heterocycles. The summed E-state index contributed by atoms with van der Waals surface area (Å²) in [6, 6.07) is 12.3. The first-order valence-corrected chi connectivity index (χ1v) is 8.31. The van der Waals surface area contributed by atoms with Gasteiger partial charge in [-0.3, -0.25) is 4.79 Å². The highest BCUT2D eigenvalue weighted by atomic mass is 32.2. The van der Waals surface area contributed by atoms with Crippen LogP contribution in [0.3, 0.4) is 0 Å². The lowest BCUT2D eigenvalue weighted by Crippen LogP contribution is -2.47. The number of piperidine rings is 1. The van der Waals surface area contributed by atoms with Crippen molar-refractivity contribution in [1.82, 2.24) is 10.0 Å². The number of benzene rings is 2. The van der Waals surface area contributed by atoms with Crippen LogP contribution < -0.4 is 10.0 Å². The molecule has 1 heterocycles. The molecule has 0 saturated carbocycles. The first-order chi connectivity index (χ1) is 10.1. The van der Waals surface area contributed by atoms with Gasteiger partial charge in [0, 0.05) is 24.4 Å². The zero-order valence-electron chi connectivity index (χ0n) is 11.4. The number of nitrogens with one attached hydrogen (secondary N) is 2. The van der Waals surface area contributed by atoms with Crippen molar-refractivity contribution >= 4 is 26.7 Å². The normalized spacial score (nSPS) is 19.4. The lowest BCUT2D eigenvalue weighted by atomic mass is 10.1. The summed E-state index contributed by atoms with van der Waals surface area (Å²) in [6.07, 6.45) is 0.874. The molecule has 0 bridgehead atoms. The second-order valence-electron chi connectivity index (χ2n) is 5.14. The van der Waals surface area contributed by atoms with Gasteiger partial charge in [-0.2, -0.15) is 0 Å². The van der Waals surface area contributed by atoms with Gasteiger partial charge in [-0.25, -0.2) is 13.1 Å². The molecule has 1 amide bonds. The molecule has 21 heavy (non-hydrogen) atoms. The molecule has 2 aromatic carbocycles. The predicted octanol–water partition coefficient (Wildman–Crippen LogP) is 1.40. The molecule has 2 N–H and O–H groups in total. The minimum Gasteiger partial charge on any atom is -0.355 e. The molecule has 1 unspecified atom stereocenters. The maximum absolute atomic E-state index is 12.6. The highest BCUT2D eigenvalue weighted by Crippen LogP contribution is 2.23. The molecule has 1 aliphatic heterocycles. The average Bonchev–Trinajstić information content (AvgIpc) is 2.49. The largest absolute Gasteiger partial charge is 0.355 e. The van der Waals surface area contributed by atoms with Crippen molar-refractivity contribution in [2.75, 3.05) is 6.54 Å². The Hall–Kier alpha value is -1.92. The summed E-state index contributed by atoms with van der Waals surface area (Å²) >= 11 is 0. The van der Waals surface area contributed by atoms with E-state index in [1.807, 2.05) is 24.3 Å². The highest BCUT2D eigenvalue weighted by Gasteiger charge is 2.25. The van der Waals surface area contributed by atoms with E-state index in [1.165, 1.54) is 0 Å². The number of rotatable bonds is 3. The van der Waals surface area contributed by atoms with Crippen LogP contribution in [0.4, 0.5) is 0 Å². The zero-order chi connectivity index (χ0) is 14.9. The molecule has 1 aliphatic rings. The van der Waals surface area contributed by atoms with Crippen LogP contribution in [0.15, 0.2) is 47.4 Å². The van der Waals surface area contributed by atoms with Crippen LogP contribution in [0.2, 0.25) is 0 Å². The summed E-state index contributed by atoms with van der Waals surface area (Å²) in [7, 11) is -3.61. The van der Waals surface area contributed by atoms with Gasteiger partial charge in [0.1, 0.15) is 0 Å². The topological polar surface area (TPSA) is 75.3 Å². The third-order valence-electron chi connectivity index (χ3n) is 3.63. The van der Waals surface area contributed by atoms with Crippen LogP contribution in [0.1, 0.15) is 12.8 Å². The van der Waals surface area contributed by atoms with E-state index in [4.69, 9.17) is 0 Å². The van der Waals surface area contributed by atoms with Gasteiger partial charge in [0.25, 0.3) is 0 Å². The SMILES string of the molecule is O=C1CCC(NS(=O)(=O)c2cccc3ccccc23)CN1. The van der Waals surface area contributed by atoms with Gasteiger partial charge < -0.3 is 5.32 Å². The van der Waals surface area contributed by atoms with Gasteiger partial charge in [-0.1, -0.05) is 36.4 Å². The Morgan fingerprint density at radius 3 is 2.62 bits per heavy atom. The second kappa shape index (κ2) is 5.46. The van der Waals surface area contributed by atoms with Crippen LogP contribution in [-0.4, -0.2) is 26.9 Å². The Balaban J connectivity index is 1.92. The van der Waals surface area contributed by atoms with E-state index in [0.717, 1.165) is 5.39 Å². The first-order valence-electron chi connectivity index (χ1n) is 6.83. The van der Waals surface area contributed by atoms with Crippen molar-refractivity contribution in [2.45, 2.75) is 23.8 Å². The molecular formula is C15H16N2O3S. The molecule has 5 nitrogen and oxygen atoms in total. The number of hydrogen-bond donors (Lipinski definition) is 2. The van der Waals surface area contributed by atoms with E-state index in [9.17, 15) is 13.2 Å². The van der Waals surface area contributed by atoms with Gasteiger partial charge in [0.05, 0.1) is 4.90 Å². The molecule has 2 aromatic rings. The standard InChI is InChI=1S/C15H16N2O3S/c18-15-9-8-12(10-16-15)17-21(19,20)14-7-3-5-11-4-1-2-6-13(11)14/h1-7,12,17H,8-10H2,(H,16,18). The maximum Gasteiger partial charge on any atom is 0.241 e. The fourth-order valence-corrected chi connectivity index (χ4v) is 4.05. The van der Waals surface area contributed by atoms with E-state index in [0.29, 0.717) is 24.8 Å². The predicted molar refractivity (Wildman–Crippen MR) is 80.3 cm³/mol. The van der Waals surface area contributed by atoms with Crippen molar-refractivity contribution in [2.24, 2.45) is 0 Å². The number of carbonyl (C=O) groups is 1.